The molecule has 0 bridgehead atoms. The summed E-state index contributed by atoms with van der Waals surface area (Å²) in [6, 6.07) is 9.41. The van der Waals surface area contributed by atoms with Crippen LogP contribution in [0.1, 0.15) is 45.6 Å². The van der Waals surface area contributed by atoms with Gasteiger partial charge in [0.05, 0.1) is 0 Å². The molecule has 21 heavy (non-hydrogen) atoms. The Labute approximate surface area is 127 Å². The van der Waals surface area contributed by atoms with Gasteiger partial charge in [-0.15, -0.1) is 0 Å². The third-order valence-electron chi connectivity index (χ3n) is 3.53. The third-order valence-corrected chi connectivity index (χ3v) is 3.53. The molecule has 0 radical (unpaired) electrons. The largest absolute Gasteiger partial charge is 0.350 e. The lowest BCUT2D eigenvalue weighted by Crippen LogP contribution is -2.48. The molecule has 1 N–H and O–H groups in total. The number of rotatable bonds is 8. The van der Waals surface area contributed by atoms with Gasteiger partial charge in [-0.1, -0.05) is 50.6 Å². The van der Waals surface area contributed by atoms with Gasteiger partial charge in [-0.2, -0.15) is 0 Å². The molecule has 0 aliphatic rings. The second-order valence-corrected chi connectivity index (χ2v) is 5.19. The number of carbonyl (C=O) groups excluding carboxylic acids is 2. The number of amides is 2. The fourth-order valence-electron chi connectivity index (χ4n) is 2.31. The van der Waals surface area contributed by atoms with Crippen LogP contribution in [-0.4, -0.2) is 29.3 Å². The van der Waals surface area contributed by atoms with Crippen molar-refractivity contribution in [1.29, 1.82) is 0 Å². The Morgan fingerprint density at radius 2 is 1.86 bits per heavy atom. The maximum atomic E-state index is 12.4. The quantitative estimate of drug-likeness (QED) is 0.800. The first-order valence-corrected chi connectivity index (χ1v) is 7.69. The fourth-order valence-corrected chi connectivity index (χ4v) is 2.31. The van der Waals surface area contributed by atoms with E-state index in [1.807, 2.05) is 37.3 Å². The molecule has 0 aliphatic heterocycles. The topological polar surface area (TPSA) is 49.4 Å². The molecule has 0 fully saturated rings. The van der Waals surface area contributed by atoms with Gasteiger partial charge in [0.1, 0.15) is 6.04 Å². The zero-order valence-corrected chi connectivity index (χ0v) is 13.3. The number of benzene rings is 1. The van der Waals surface area contributed by atoms with Crippen LogP contribution in [0.5, 0.6) is 0 Å². The van der Waals surface area contributed by atoms with Crippen molar-refractivity contribution in [3.63, 3.8) is 0 Å². The monoisotopic (exact) mass is 290 g/mol. The molecule has 2 amide bonds. The van der Waals surface area contributed by atoms with Gasteiger partial charge >= 0.3 is 0 Å². The van der Waals surface area contributed by atoms with E-state index in [1.165, 1.54) is 6.92 Å². The van der Waals surface area contributed by atoms with Crippen LogP contribution in [0.3, 0.4) is 0 Å². The Balaban J connectivity index is 2.63. The zero-order valence-electron chi connectivity index (χ0n) is 13.3. The van der Waals surface area contributed by atoms with Gasteiger partial charge in [0.25, 0.3) is 0 Å². The van der Waals surface area contributed by atoms with Crippen molar-refractivity contribution in [2.24, 2.45) is 0 Å². The highest BCUT2D eigenvalue weighted by molar-refractivity contribution is 5.86. The van der Waals surface area contributed by atoms with E-state index in [-0.39, 0.29) is 17.9 Å². The highest BCUT2D eigenvalue weighted by atomic mass is 16.2. The number of nitrogens with zero attached hydrogens (tertiary/aromatic N) is 1. The summed E-state index contributed by atoms with van der Waals surface area (Å²) in [6.45, 7) is 6.69. The molecule has 0 spiro atoms. The Morgan fingerprint density at radius 1 is 1.19 bits per heavy atom. The number of carbonyl (C=O) groups is 2. The predicted octanol–water partition coefficient (Wildman–Crippen LogP) is 2.73. The van der Waals surface area contributed by atoms with Crippen LogP contribution < -0.4 is 5.32 Å². The van der Waals surface area contributed by atoms with Gasteiger partial charge in [0.2, 0.25) is 11.8 Å². The van der Waals surface area contributed by atoms with Crippen molar-refractivity contribution >= 4 is 11.8 Å². The Hall–Kier alpha value is -1.84. The second kappa shape index (κ2) is 9.16. The molecule has 1 aromatic carbocycles. The van der Waals surface area contributed by atoms with Crippen LogP contribution in [-0.2, 0) is 16.1 Å². The molecule has 4 nitrogen and oxygen atoms in total. The lowest BCUT2D eigenvalue weighted by atomic mass is 10.1. The molecule has 0 heterocycles. The van der Waals surface area contributed by atoms with Crippen LogP contribution in [0.4, 0.5) is 0 Å². The minimum atomic E-state index is -0.377. The summed E-state index contributed by atoms with van der Waals surface area (Å²) in [6.07, 6.45) is 2.55. The van der Waals surface area contributed by atoms with Crippen molar-refractivity contribution in [1.82, 2.24) is 10.2 Å². The molecule has 116 valence electrons. The summed E-state index contributed by atoms with van der Waals surface area (Å²) >= 11 is 0. The molecule has 1 unspecified atom stereocenters. The Morgan fingerprint density at radius 3 is 2.38 bits per heavy atom. The molecule has 0 saturated heterocycles. The molecule has 0 aliphatic carbocycles. The fraction of sp³-hybridized carbons (Fsp3) is 0.529. The molecule has 0 saturated carbocycles. The average molecular weight is 290 g/mol. The number of hydrogen-bond donors (Lipinski definition) is 1. The predicted molar refractivity (Wildman–Crippen MR) is 84.7 cm³/mol. The van der Waals surface area contributed by atoms with Crippen molar-refractivity contribution < 1.29 is 9.59 Å². The first kappa shape index (κ1) is 17.2. The average Bonchev–Trinajstić information content (AvgIpc) is 2.49. The van der Waals surface area contributed by atoms with E-state index in [2.05, 4.69) is 12.2 Å². The highest BCUT2D eigenvalue weighted by Gasteiger charge is 2.25. The first-order valence-electron chi connectivity index (χ1n) is 7.69. The smallest absolute Gasteiger partial charge is 0.243 e. The molecule has 4 heteroatoms. The molecule has 1 atom stereocenters. The van der Waals surface area contributed by atoms with Crippen molar-refractivity contribution in [3.05, 3.63) is 35.9 Å². The number of hydrogen-bond acceptors (Lipinski definition) is 2. The lowest BCUT2D eigenvalue weighted by Gasteiger charge is -2.29. The van der Waals surface area contributed by atoms with Crippen LogP contribution in [0.15, 0.2) is 30.3 Å². The minimum Gasteiger partial charge on any atom is -0.350 e. The van der Waals surface area contributed by atoms with E-state index in [1.54, 1.807) is 4.90 Å². The van der Waals surface area contributed by atoms with Crippen molar-refractivity contribution in [2.75, 3.05) is 6.54 Å². The van der Waals surface area contributed by atoms with Crippen LogP contribution in [0, 0.1) is 0 Å². The normalized spacial score (nSPS) is 11.8. The Bertz CT molecular complexity index is 445. The summed E-state index contributed by atoms with van der Waals surface area (Å²) in [5, 5.41) is 2.93. The SMILES string of the molecule is CCCCN(C(C)=O)C(CC)C(=O)NCc1ccccc1. The van der Waals surface area contributed by atoms with E-state index in [0.717, 1.165) is 18.4 Å². The van der Waals surface area contributed by atoms with Gasteiger partial charge in [-0.3, -0.25) is 9.59 Å². The van der Waals surface area contributed by atoms with E-state index in [0.29, 0.717) is 19.5 Å². The maximum absolute atomic E-state index is 12.4. The second-order valence-electron chi connectivity index (χ2n) is 5.19. The lowest BCUT2D eigenvalue weighted by molar-refractivity contribution is -0.139. The van der Waals surface area contributed by atoms with Crippen LogP contribution in [0.25, 0.3) is 0 Å². The number of unbranched alkanes of at least 4 members (excludes halogenated alkanes) is 1. The van der Waals surface area contributed by atoms with E-state index < -0.39 is 0 Å². The van der Waals surface area contributed by atoms with E-state index in [4.69, 9.17) is 0 Å². The Kier molecular flexibility index (Phi) is 7.51. The highest BCUT2D eigenvalue weighted by Crippen LogP contribution is 2.08. The first-order chi connectivity index (χ1) is 10.1. The molecular formula is C17H26N2O2. The van der Waals surface area contributed by atoms with Gasteiger partial charge in [-0.25, -0.2) is 0 Å². The van der Waals surface area contributed by atoms with E-state index >= 15 is 0 Å². The molecular weight excluding hydrogens is 264 g/mol. The van der Waals surface area contributed by atoms with Gasteiger partial charge in [-0.05, 0) is 18.4 Å². The summed E-state index contributed by atoms with van der Waals surface area (Å²) in [5.41, 5.74) is 1.06. The standard InChI is InChI=1S/C17H26N2O2/c1-4-6-12-19(14(3)20)16(5-2)17(21)18-13-15-10-8-7-9-11-15/h7-11,16H,4-6,12-13H2,1-3H3,(H,18,21). The summed E-state index contributed by atoms with van der Waals surface area (Å²) in [4.78, 5) is 25.8. The molecule has 0 aromatic heterocycles. The summed E-state index contributed by atoms with van der Waals surface area (Å²) < 4.78 is 0. The maximum Gasteiger partial charge on any atom is 0.243 e. The van der Waals surface area contributed by atoms with Gasteiger partial charge < -0.3 is 10.2 Å². The molecule has 1 aromatic rings. The van der Waals surface area contributed by atoms with Crippen LogP contribution in [0.2, 0.25) is 0 Å². The number of nitrogens with one attached hydrogen (secondary N) is 1. The van der Waals surface area contributed by atoms with Crippen molar-refractivity contribution in [3.8, 4) is 0 Å². The zero-order chi connectivity index (χ0) is 15.7. The van der Waals surface area contributed by atoms with Gasteiger partial charge in [0, 0.05) is 20.0 Å². The van der Waals surface area contributed by atoms with Gasteiger partial charge in [0.15, 0.2) is 0 Å². The third kappa shape index (κ3) is 5.58. The summed E-state index contributed by atoms with van der Waals surface area (Å²) in [5.74, 6) is -0.113. The van der Waals surface area contributed by atoms with Crippen molar-refractivity contribution in [2.45, 2.75) is 52.6 Å². The molecule has 1 rings (SSSR count). The summed E-state index contributed by atoms with van der Waals surface area (Å²) in [7, 11) is 0. The van der Waals surface area contributed by atoms with Crippen LogP contribution >= 0.6 is 0 Å². The van der Waals surface area contributed by atoms with E-state index in [9.17, 15) is 9.59 Å². The minimum absolute atomic E-state index is 0.0369.